The first kappa shape index (κ1) is 10.8. The number of aryl methyl sites for hydroxylation is 2. The molecule has 0 amide bonds. The normalized spacial score (nSPS) is 20.9. The highest BCUT2D eigenvalue weighted by molar-refractivity contribution is 5.50. The van der Waals surface area contributed by atoms with E-state index in [0.29, 0.717) is 5.92 Å². The molecule has 0 bridgehead atoms. The summed E-state index contributed by atoms with van der Waals surface area (Å²) in [6.45, 7) is 6.51. The number of nitrogens with one attached hydrogen (secondary N) is 1. The molecule has 0 spiro atoms. The van der Waals surface area contributed by atoms with Gasteiger partial charge in [-0.05, 0) is 44.9 Å². The van der Waals surface area contributed by atoms with Gasteiger partial charge in [0.15, 0.2) is 0 Å². The summed E-state index contributed by atoms with van der Waals surface area (Å²) in [5, 5.41) is 3.49. The lowest BCUT2D eigenvalue weighted by molar-refractivity contribution is 0.451. The first-order valence-electron chi connectivity index (χ1n) is 6.42. The molecule has 0 aliphatic carbocycles. The zero-order valence-electron chi connectivity index (χ0n) is 10.5. The van der Waals surface area contributed by atoms with Gasteiger partial charge < -0.3 is 9.72 Å². The summed E-state index contributed by atoms with van der Waals surface area (Å²) in [4.78, 5) is 4.72. The van der Waals surface area contributed by atoms with Crippen LogP contribution in [0.25, 0.3) is 5.65 Å². The monoisotopic (exact) mass is 229 g/mol. The summed E-state index contributed by atoms with van der Waals surface area (Å²) in [6, 6.07) is 4.24. The average Bonchev–Trinajstić information content (AvgIpc) is 2.68. The number of nitrogens with zero attached hydrogens (tertiary/aromatic N) is 2. The smallest absolute Gasteiger partial charge is 0.140 e. The van der Waals surface area contributed by atoms with Crippen LogP contribution in [0.1, 0.15) is 35.7 Å². The second kappa shape index (κ2) is 4.15. The fourth-order valence-electron chi connectivity index (χ4n) is 2.91. The number of piperidine rings is 1. The number of imidazole rings is 1. The number of hydrogen-bond acceptors (Lipinski definition) is 2. The van der Waals surface area contributed by atoms with E-state index in [-0.39, 0.29) is 0 Å². The lowest BCUT2D eigenvalue weighted by Crippen LogP contribution is -2.29. The minimum atomic E-state index is 0.612. The summed E-state index contributed by atoms with van der Waals surface area (Å²) < 4.78 is 2.28. The number of pyridine rings is 1. The zero-order chi connectivity index (χ0) is 11.8. The van der Waals surface area contributed by atoms with E-state index in [2.05, 4.69) is 41.9 Å². The molecular formula is C14H19N3. The molecule has 1 unspecified atom stereocenters. The molecule has 3 rings (SSSR count). The van der Waals surface area contributed by atoms with Crippen LogP contribution in [0, 0.1) is 13.8 Å². The van der Waals surface area contributed by atoms with Gasteiger partial charge in [-0.2, -0.15) is 0 Å². The van der Waals surface area contributed by atoms with Gasteiger partial charge in [0, 0.05) is 24.4 Å². The maximum atomic E-state index is 4.72. The van der Waals surface area contributed by atoms with Gasteiger partial charge in [0.2, 0.25) is 0 Å². The summed E-state index contributed by atoms with van der Waals surface area (Å²) in [6.07, 6.45) is 4.69. The maximum absolute atomic E-state index is 4.72. The second-order valence-corrected chi connectivity index (χ2v) is 5.01. The van der Waals surface area contributed by atoms with E-state index in [4.69, 9.17) is 4.98 Å². The third-order valence-electron chi connectivity index (χ3n) is 3.75. The van der Waals surface area contributed by atoms with Crippen LogP contribution < -0.4 is 5.32 Å². The first-order valence-corrected chi connectivity index (χ1v) is 6.42. The van der Waals surface area contributed by atoms with E-state index < -0.39 is 0 Å². The first-order chi connectivity index (χ1) is 8.27. The Morgan fingerprint density at radius 3 is 3.06 bits per heavy atom. The van der Waals surface area contributed by atoms with Crippen molar-refractivity contribution in [3.8, 4) is 0 Å². The van der Waals surface area contributed by atoms with Crippen LogP contribution in [-0.4, -0.2) is 22.5 Å². The summed E-state index contributed by atoms with van der Waals surface area (Å²) >= 11 is 0. The van der Waals surface area contributed by atoms with Crippen molar-refractivity contribution >= 4 is 5.65 Å². The maximum Gasteiger partial charge on any atom is 0.140 e. The van der Waals surface area contributed by atoms with E-state index in [1.54, 1.807) is 0 Å². The second-order valence-electron chi connectivity index (χ2n) is 5.01. The molecule has 0 aromatic carbocycles. The summed E-state index contributed by atoms with van der Waals surface area (Å²) in [5.41, 5.74) is 4.96. The quantitative estimate of drug-likeness (QED) is 0.813. The molecule has 3 heterocycles. The Hall–Kier alpha value is -1.35. The topological polar surface area (TPSA) is 29.3 Å². The number of aromatic nitrogens is 2. The molecule has 2 aromatic rings. The van der Waals surface area contributed by atoms with Crippen molar-refractivity contribution in [2.45, 2.75) is 32.6 Å². The minimum Gasteiger partial charge on any atom is -0.316 e. The van der Waals surface area contributed by atoms with Crippen LogP contribution in [0.3, 0.4) is 0 Å². The van der Waals surface area contributed by atoms with Crippen LogP contribution in [0.4, 0.5) is 0 Å². The van der Waals surface area contributed by atoms with E-state index in [1.807, 2.05) is 0 Å². The lowest BCUT2D eigenvalue weighted by atomic mass is 9.95. The van der Waals surface area contributed by atoms with Gasteiger partial charge in [0.05, 0.1) is 5.69 Å². The van der Waals surface area contributed by atoms with Crippen molar-refractivity contribution in [1.82, 2.24) is 14.7 Å². The van der Waals surface area contributed by atoms with E-state index in [0.717, 1.165) is 18.7 Å². The average molecular weight is 229 g/mol. The molecule has 1 aliphatic rings. The lowest BCUT2D eigenvalue weighted by Gasteiger charge is -2.23. The van der Waals surface area contributed by atoms with E-state index in [9.17, 15) is 0 Å². The van der Waals surface area contributed by atoms with Gasteiger partial charge in [0.25, 0.3) is 0 Å². The molecule has 1 aliphatic heterocycles. The van der Waals surface area contributed by atoms with Crippen molar-refractivity contribution in [3.05, 3.63) is 35.3 Å². The molecule has 3 nitrogen and oxygen atoms in total. The van der Waals surface area contributed by atoms with Crippen molar-refractivity contribution in [1.29, 1.82) is 0 Å². The van der Waals surface area contributed by atoms with Gasteiger partial charge in [-0.1, -0.05) is 6.07 Å². The molecule has 1 atom stereocenters. The molecule has 3 heteroatoms. The molecule has 0 saturated carbocycles. The predicted octanol–water partition coefficient (Wildman–Crippen LogP) is 2.42. The Kier molecular flexibility index (Phi) is 2.63. The Bertz CT molecular complexity index is 536. The Morgan fingerprint density at radius 1 is 1.41 bits per heavy atom. The van der Waals surface area contributed by atoms with Crippen molar-refractivity contribution in [3.63, 3.8) is 0 Å². The van der Waals surface area contributed by atoms with E-state index in [1.165, 1.54) is 29.8 Å². The molecule has 17 heavy (non-hydrogen) atoms. The number of hydrogen-bond donors (Lipinski definition) is 1. The molecule has 90 valence electrons. The standard InChI is InChI=1S/C14H19N3/c1-10-5-4-8-17-13(11(2)16-14(10)17)12-6-3-7-15-9-12/h4-5,8,12,15H,3,6-7,9H2,1-2H3. The summed E-state index contributed by atoms with van der Waals surface area (Å²) in [5.74, 6) is 0.612. The van der Waals surface area contributed by atoms with Gasteiger partial charge in [0.1, 0.15) is 5.65 Å². The molecular weight excluding hydrogens is 210 g/mol. The minimum absolute atomic E-state index is 0.612. The third-order valence-corrected chi connectivity index (χ3v) is 3.75. The SMILES string of the molecule is Cc1nc2c(C)cccn2c1C1CCCNC1. The zero-order valence-corrected chi connectivity index (χ0v) is 10.5. The number of fused-ring (bicyclic) bond motifs is 1. The van der Waals surface area contributed by atoms with Crippen molar-refractivity contribution < 1.29 is 0 Å². The van der Waals surface area contributed by atoms with Crippen LogP contribution in [0.5, 0.6) is 0 Å². The van der Waals surface area contributed by atoms with Gasteiger partial charge >= 0.3 is 0 Å². The molecule has 0 radical (unpaired) electrons. The van der Waals surface area contributed by atoms with Crippen LogP contribution in [0.2, 0.25) is 0 Å². The van der Waals surface area contributed by atoms with Crippen LogP contribution >= 0.6 is 0 Å². The van der Waals surface area contributed by atoms with Crippen molar-refractivity contribution in [2.24, 2.45) is 0 Å². The highest BCUT2D eigenvalue weighted by atomic mass is 15.0. The number of rotatable bonds is 1. The predicted molar refractivity (Wildman–Crippen MR) is 69.5 cm³/mol. The third kappa shape index (κ3) is 1.75. The Morgan fingerprint density at radius 2 is 2.29 bits per heavy atom. The highest BCUT2D eigenvalue weighted by Gasteiger charge is 2.21. The molecule has 1 saturated heterocycles. The largest absolute Gasteiger partial charge is 0.316 e. The summed E-state index contributed by atoms with van der Waals surface area (Å²) in [7, 11) is 0. The van der Waals surface area contributed by atoms with Crippen LogP contribution in [-0.2, 0) is 0 Å². The van der Waals surface area contributed by atoms with E-state index >= 15 is 0 Å². The van der Waals surface area contributed by atoms with Crippen LogP contribution in [0.15, 0.2) is 18.3 Å². The van der Waals surface area contributed by atoms with Crippen molar-refractivity contribution in [2.75, 3.05) is 13.1 Å². The van der Waals surface area contributed by atoms with Gasteiger partial charge in [-0.15, -0.1) is 0 Å². The van der Waals surface area contributed by atoms with Gasteiger partial charge in [-0.25, -0.2) is 4.98 Å². The Balaban J connectivity index is 2.14. The fourth-order valence-corrected chi connectivity index (χ4v) is 2.91. The highest BCUT2D eigenvalue weighted by Crippen LogP contribution is 2.27. The molecule has 1 N–H and O–H groups in total. The van der Waals surface area contributed by atoms with Gasteiger partial charge in [-0.3, -0.25) is 0 Å². The fraction of sp³-hybridized carbons (Fsp3) is 0.500. The molecule has 2 aromatic heterocycles. The molecule has 1 fully saturated rings. The Labute approximate surface area is 102 Å².